The van der Waals surface area contributed by atoms with Crippen LogP contribution >= 0.6 is 0 Å². The molecule has 1 aromatic carbocycles. The van der Waals surface area contributed by atoms with Gasteiger partial charge in [0.05, 0.1) is 10.9 Å². The smallest absolute Gasteiger partial charge is 0.229 e. The lowest BCUT2D eigenvalue weighted by molar-refractivity contribution is 0.325. The largest absolute Gasteiger partial charge is 0.329 e. The van der Waals surface area contributed by atoms with Gasteiger partial charge in [0.1, 0.15) is 16.8 Å². The molecule has 0 saturated carbocycles. The predicted molar refractivity (Wildman–Crippen MR) is 130 cm³/mol. The number of anilines is 3. The van der Waals surface area contributed by atoms with E-state index in [1.165, 1.54) is 11.3 Å². The van der Waals surface area contributed by atoms with Crippen LogP contribution in [0.1, 0.15) is 12.5 Å². The minimum atomic E-state index is -1.22. The predicted octanol–water partition coefficient (Wildman–Crippen LogP) is 3.10. The molecule has 2 heterocycles. The zero-order chi connectivity index (χ0) is 23.0. The third kappa shape index (κ3) is 4.32. The van der Waals surface area contributed by atoms with Gasteiger partial charge in [0, 0.05) is 37.4 Å². The van der Waals surface area contributed by atoms with Crippen LogP contribution < -0.4 is 15.6 Å². The van der Waals surface area contributed by atoms with Gasteiger partial charge in [0.2, 0.25) is 5.95 Å². The summed E-state index contributed by atoms with van der Waals surface area (Å²) in [4.78, 5) is 11.9. The third-order valence-corrected chi connectivity index (χ3v) is 7.17. The van der Waals surface area contributed by atoms with E-state index in [9.17, 15) is 4.21 Å². The Balaban J connectivity index is 1.57. The molecule has 2 aliphatic rings. The average molecular weight is 452 g/mol. The molecule has 2 unspecified atom stereocenters. The van der Waals surface area contributed by atoms with Gasteiger partial charge in [-0.15, -0.1) is 0 Å². The zero-order valence-electron chi connectivity index (χ0n) is 19.2. The molecule has 0 fully saturated rings. The minimum absolute atomic E-state index is 0.211. The normalized spacial score (nSPS) is 18.7. The van der Waals surface area contributed by atoms with Crippen molar-refractivity contribution in [2.75, 3.05) is 38.4 Å². The standard InChI is InChI=1S/C23H29N7OS/c1-15-7-8-17(13-21(15)32(31)28(3)4)25-23-24-12-11-22(26-23)29(5)18-9-10-20-19(14-18)16(2)30(6)27-20/h7-14,20,27H,1-6H3,(H,24,25,26). The number of nitrogens with one attached hydrogen (secondary N) is 2. The summed E-state index contributed by atoms with van der Waals surface area (Å²) in [5, 5.41) is 5.30. The number of fused-ring (bicyclic) bond motifs is 1. The van der Waals surface area contributed by atoms with Gasteiger partial charge in [-0.2, -0.15) is 4.98 Å². The molecule has 1 aliphatic carbocycles. The van der Waals surface area contributed by atoms with E-state index < -0.39 is 11.0 Å². The van der Waals surface area contributed by atoms with Crippen molar-refractivity contribution in [1.29, 1.82) is 0 Å². The highest BCUT2D eigenvalue weighted by Gasteiger charge is 2.26. The number of benzene rings is 1. The van der Waals surface area contributed by atoms with E-state index in [1.54, 1.807) is 24.6 Å². The molecular weight excluding hydrogens is 422 g/mol. The van der Waals surface area contributed by atoms with Crippen LogP contribution in [0.5, 0.6) is 0 Å². The van der Waals surface area contributed by atoms with Crippen LogP contribution in [0.4, 0.5) is 17.5 Å². The molecule has 0 radical (unpaired) electrons. The third-order valence-electron chi connectivity index (χ3n) is 5.69. The van der Waals surface area contributed by atoms with Crippen molar-refractivity contribution in [3.63, 3.8) is 0 Å². The number of nitrogens with zero attached hydrogens (tertiary/aromatic N) is 5. The van der Waals surface area contributed by atoms with Gasteiger partial charge in [-0.05, 0) is 69.4 Å². The molecular formula is C23H29N7OS. The van der Waals surface area contributed by atoms with Crippen molar-refractivity contribution >= 4 is 28.4 Å². The molecule has 1 aromatic heterocycles. The molecule has 9 heteroatoms. The van der Waals surface area contributed by atoms with Crippen molar-refractivity contribution in [2.24, 2.45) is 0 Å². The number of rotatable bonds is 6. The van der Waals surface area contributed by atoms with Crippen LogP contribution in [0.15, 0.2) is 70.6 Å². The van der Waals surface area contributed by atoms with E-state index in [0.717, 1.165) is 27.7 Å². The first-order valence-corrected chi connectivity index (χ1v) is 11.5. The first-order chi connectivity index (χ1) is 15.2. The molecule has 8 nitrogen and oxygen atoms in total. The molecule has 32 heavy (non-hydrogen) atoms. The van der Waals surface area contributed by atoms with Gasteiger partial charge >= 0.3 is 0 Å². The number of aromatic nitrogens is 2. The molecule has 168 valence electrons. The molecule has 0 bridgehead atoms. The van der Waals surface area contributed by atoms with Gasteiger partial charge < -0.3 is 15.2 Å². The van der Waals surface area contributed by atoms with Gasteiger partial charge in [-0.25, -0.2) is 18.9 Å². The van der Waals surface area contributed by atoms with Crippen LogP contribution in [0.3, 0.4) is 0 Å². The van der Waals surface area contributed by atoms with E-state index in [1.807, 2.05) is 50.2 Å². The Hall–Kier alpha value is -3.01. The lowest BCUT2D eigenvalue weighted by atomic mass is 10.00. The van der Waals surface area contributed by atoms with Gasteiger partial charge in [-0.3, -0.25) is 0 Å². The van der Waals surface area contributed by atoms with E-state index in [-0.39, 0.29) is 6.04 Å². The maximum atomic E-state index is 12.6. The number of allylic oxidation sites excluding steroid dienone is 2. The minimum Gasteiger partial charge on any atom is -0.329 e. The Labute approximate surface area is 191 Å². The van der Waals surface area contributed by atoms with E-state index in [0.29, 0.717) is 5.95 Å². The van der Waals surface area contributed by atoms with Crippen LogP contribution in [-0.4, -0.2) is 57.7 Å². The highest BCUT2D eigenvalue weighted by atomic mass is 32.2. The SMILES string of the molecule is CC1=C2C=C(N(C)c3ccnc(Nc4ccc(C)c(S(=O)N(C)C)c4)n3)C=CC2NN1C. The van der Waals surface area contributed by atoms with Crippen molar-refractivity contribution in [2.45, 2.75) is 24.8 Å². The van der Waals surface area contributed by atoms with Crippen molar-refractivity contribution in [1.82, 2.24) is 24.7 Å². The number of hydrazine groups is 1. The number of hydrogen-bond donors (Lipinski definition) is 2. The van der Waals surface area contributed by atoms with Gasteiger partial charge in [0.15, 0.2) is 0 Å². The van der Waals surface area contributed by atoms with Crippen molar-refractivity contribution in [3.8, 4) is 0 Å². The monoisotopic (exact) mass is 451 g/mol. The average Bonchev–Trinajstić information content (AvgIpc) is 3.07. The molecule has 2 atom stereocenters. The Morgan fingerprint density at radius 1 is 1.19 bits per heavy atom. The summed E-state index contributed by atoms with van der Waals surface area (Å²) in [5.74, 6) is 1.26. The molecule has 0 amide bonds. The molecule has 0 spiro atoms. The molecule has 2 aromatic rings. The summed E-state index contributed by atoms with van der Waals surface area (Å²) < 4.78 is 14.2. The van der Waals surface area contributed by atoms with Gasteiger partial charge in [-0.1, -0.05) is 12.1 Å². The van der Waals surface area contributed by atoms with Crippen LogP contribution in [-0.2, 0) is 11.0 Å². The second-order valence-electron chi connectivity index (χ2n) is 8.10. The zero-order valence-corrected chi connectivity index (χ0v) is 20.1. The maximum absolute atomic E-state index is 12.6. The lowest BCUT2D eigenvalue weighted by Crippen LogP contribution is -2.34. The summed E-state index contributed by atoms with van der Waals surface area (Å²) in [6.07, 6.45) is 8.19. The summed E-state index contributed by atoms with van der Waals surface area (Å²) in [6, 6.07) is 7.87. The van der Waals surface area contributed by atoms with E-state index in [4.69, 9.17) is 4.98 Å². The van der Waals surface area contributed by atoms with Crippen LogP contribution in [0.25, 0.3) is 0 Å². The molecule has 2 N–H and O–H groups in total. The van der Waals surface area contributed by atoms with E-state index in [2.05, 4.69) is 45.9 Å². The summed E-state index contributed by atoms with van der Waals surface area (Å²) in [5.41, 5.74) is 8.70. The van der Waals surface area contributed by atoms with Gasteiger partial charge in [0.25, 0.3) is 0 Å². The van der Waals surface area contributed by atoms with Crippen molar-refractivity contribution in [3.05, 3.63) is 71.2 Å². The second kappa shape index (κ2) is 8.85. The summed E-state index contributed by atoms with van der Waals surface area (Å²) in [7, 11) is 6.39. The highest BCUT2D eigenvalue weighted by Crippen LogP contribution is 2.29. The van der Waals surface area contributed by atoms with Crippen LogP contribution in [0.2, 0.25) is 0 Å². The Kier molecular flexibility index (Phi) is 6.14. The lowest BCUT2D eigenvalue weighted by Gasteiger charge is -2.24. The fourth-order valence-corrected chi connectivity index (χ4v) is 4.63. The number of aryl methyl sites for hydroxylation is 1. The van der Waals surface area contributed by atoms with Crippen LogP contribution in [0, 0.1) is 6.92 Å². The molecule has 4 rings (SSSR count). The Morgan fingerprint density at radius 2 is 1.97 bits per heavy atom. The highest BCUT2D eigenvalue weighted by molar-refractivity contribution is 7.82. The molecule has 1 aliphatic heterocycles. The second-order valence-corrected chi connectivity index (χ2v) is 9.77. The van der Waals surface area contributed by atoms with E-state index >= 15 is 0 Å². The molecule has 0 saturated heterocycles. The number of hydrogen-bond acceptors (Lipinski definition) is 7. The fraction of sp³-hybridized carbons (Fsp3) is 0.304. The topological polar surface area (TPSA) is 76.6 Å². The fourth-order valence-electron chi connectivity index (χ4n) is 3.67. The Morgan fingerprint density at radius 3 is 2.72 bits per heavy atom. The van der Waals surface area contributed by atoms with Crippen molar-refractivity contribution < 1.29 is 4.21 Å². The summed E-state index contributed by atoms with van der Waals surface area (Å²) in [6.45, 7) is 4.07. The summed E-state index contributed by atoms with van der Waals surface area (Å²) >= 11 is 0. The first-order valence-electron chi connectivity index (χ1n) is 10.4. The maximum Gasteiger partial charge on any atom is 0.229 e. The first kappa shape index (κ1) is 22.2. The number of likely N-dealkylation sites (N-methyl/N-ethyl adjacent to an activating group) is 1. The Bertz CT molecular complexity index is 1150. The quantitative estimate of drug-likeness (QED) is 0.699.